The molecule has 1 aromatic carbocycles. The van der Waals surface area contributed by atoms with E-state index in [0.717, 1.165) is 0 Å². The van der Waals surface area contributed by atoms with Gasteiger partial charge in [-0.25, -0.2) is 9.97 Å². The van der Waals surface area contributed by atoms with Crippen molar-refractivity contribution < 1.29 is 14.7 Å². The molecule has 0 aliphatic heterocycles. The molecule has 0 spiro atoms. The van der Waals surface area contributed by atoms with Gasteiger partial charge < -0.3 is 10.4 Å². The molecule has 0 aliphatic rings. The van der Waals surface area contributed by atoms with Gasteiger partial charge in [-0.1, -0.05) is 18.2 Å². The molecule has 0 saturated carbocycles. The molecule has 7 nitrogen and oxygen atoms in total. The highest BCUT2D eigenvalue weighted by Gasteiger charge is 2.13. The minimum Gasteiger partial charge on any atom is -0.481 e. The van der Waals surface area contributed by atoms with Crippen molar-refractivity contribution in [1.29, 1.82) is 0 Å². The lowest BCUT2D eigenvalue weighted by Gasteiger charge is -2.09. The predicted molar refractivity (Wildman–Crippen MR) is 88.3 cm³/mol. The van der Waals surface area contributed by atoms with E-state index in [0.29, 0.717) is 28.2 Å². The number of benzene rings is 1. The van der Waals surface area contributed by atoms with E-state index < -0.39 is 11.9 Å². The molecule has 3 rings (SSSR count). The standard InChI is InChI=1S/C17H14N4O3/c22-14(8-9-15(23)24)20-16-11-5-1-2-6-12(11)19-17(21-16)13-7-3-4-10-18-13/h1-7,10H,8-9H2,(H,23,24)(H,19,20,21,22). The molecule has 24 heavy (non-hydrogen) atoms. The van der Waals surface area contributed by atoms with Crippen LogP contribution in [-0.2, 0) is 9.59 Å². The number of para-hydroxylation sites is 1. The zero-order chi connectivity index (χ0) is 16.9. The van der Waals surface area contributed by atoms with E-state index in [1.54, 1.807) is 24.4 Å². The average molecular weight is 322 g/mol. The first-order chi connectivity index (χ1) is 11.6. The van der Waals surface area contributed by atoms with Crippen LogP contribution in [0.5, 0.6) is 0 Å². The Bertz CT molecular complexity index is 897. The van der Waals surface area contributed by atoms with E-state index >= 15 is 0 Å². The Hall–Kier alpha value is -3.35. The Morgan fingerprint density at radius 1 is 1.00 bits per heavy atom. The molecule has 7 heteroatoms. The number of pyridine rings is 1. The third-order valence-corrected chi connectivity index (χ3v) is 3.32. The van der Waals surface area contributed by atoms with Crippen molar-refractivity contribution in [1.82, 2.24) is 15.0 Å². The highest BCUT2D eigenvalue weighted by atomic mass is 16.4. The molecule has 2 N–H and O–H groups in total. The van der Waals surface area contributed by atoms with Crippen molar-refractivity contribution in [3.05, 3.63) is 48.7 Å². The Balaban J connectivity index is 1.99. The highest BCUT2D eigenvalue weighted by molar-refractivity contribution is 6.00. The molecule has 0 aliphatic carbocycles. The topological polar surface area (TPSA) is 105 Å². The summed E-state index contributed by atoms with van der Waals surface area (Å²) in [5.74, 6) is -0.695. The van der Waals surface area contributed by atoms with Gasteiger partial charge in [0.05, 0.1) is 11.9 Å². The second kappa shape index (κ2) is 6.82. The Morgan fingerprint density at radius 2 is 1.79 bits per heavy atom. The fourth-order valence-corrected chi connectivity index (χ4v) is 2.20. The SMILES string of the molecule is O=C(O)CCC(=O)Nc1nc(-c2ccccn2)nc2ccccc12. The molecule has 0 radical (unpaired) electrons. The Labute approximate surface area is 137 Å². The van der Waals surface area contributed by atoms with Gasteiger partial charge in [0.25, 0.3) is 0 Å². The molecule has 120 valence electrons. The monoisotopic (exact) mass is 322 g/mol. The zero-order valence-corrected chi connectivity index (χ0v) is 12.6. The predicted octanol–water partition coefficient (Wildman–Crippen LogP) is 2.50. The number of hydrogen-bond acceptors (Lipinski definition) is 5. The molecular weight excluding hydrogens is 308 g/mol. The van der Waals surface area contributed by atoms with Crippen LogP contribution in [0.25, 0.3) is 22.4 Å². The van der Waals surface area contributed by atoms with Crippen LogP contribution < -0.4 is 5.32 Å². The quantitative estimate of drug-likeness (QED) is 0.747. The van der Waals surface area contributed by atoms with Crippen LogP contribution in [0.15, 0.2) is 48.7 Å². The molecule has 1 amide bonds. The number of carboxylic acids is 1. The second-order valence-corrected chi connectivity index (χ2v) is 5.07. The van der Waals surface area contributed by atoms with Gasteiger partial charge in [-0.2, -0.15) is 0 Å². The van der Waals surface area contributed by atoms with Crippen molar-refractivity contribution in [3.63, 3.8) is 0 Å². The minimum atomic E-state index is -1.02. The maximum atomic E-state index is 12.0. The fraction of sp³-hybridized carbons (Fsp3) is 0.118. The van der Waals surface area contributed by atoms with E-state index in [4.69, 9.17) is 5.11 Å². The lowest BCUT2D eigenvalue weighted by Crippen LogP contribution is -2.15. The fourth-order valence-electron chi connectivity index (χ4n) is 2.20. The number of rotatable bonds is 5. The Kier molecular flexibility index (Phi) is 4.42. The van der Waals surface area contributed by atoms with Gasteiger partial charge in [-0.05, 0) is 24.3 Å². The number of nitrogens with zero attached hydrogens (tertiary/aromatic N) is 3. The number of nitrogens with one attached hydrogen (secondary N) is 1. The molecule has 2 heterocycles. The summed E-state index contributed by atoms with van der Waals surface area (Å²) in [5, 5.41) is 12.0. The largest absolute Gasteiger partial charge is 0.481 e. The molecule has 0 unspecified atom stereocenters. The van der Waals surface area contributed by atoms with Crippen molar-refractivity contribution in [2.45, 2.75) is 12.8 Å². The van der Waals surface area contributed by atoms with Crippen molar-refractivity contribution in [2.75, 3.05) is 5.32 Å². The number of hydrogen-bond donors (Lipinski definition) is 2. The van der Waals surface area contributed by atoms with Gasteiger partial charge in [0.2, 0.25) is 5.91 Å². The normalized spacial score (nSPS) is 10.5. The molecule has 2 aromatic heterocycles. The van der Waals surface area contributed by atoms with E-state index in [1.807, 2.05) is 24.3 Å². The number of amides is 1. The van der Waals surface area contributed by atoms with Gasteiger partial charge in [-0.15, -0.1) is 0 Å². The van der Waals surface area contributed by atoms with Gasteiger partial charge in [-0.3, -0.25) is 14.6 Å². The maximum Gasteiger partial charge on any atom is 0.303 e. The highest BCUT2D eigenvalue weighted by Crippen LogP contribution is 2.24. The number of carbonyl (C=O) groups is 2. The van der Waals surface area contributed by atoms with Crippen LogP contribution in [0.4, 0.5) is 5.82 Å². The lowest BCUT2D eigenvalue weighted by molar-refractivity contribution is -0.138. The molecule has 0 bridgehead atoms. The zero-order valence-electron chi connectivity index (χ0n) is 12.6. The van der Waals surface area contributed by atoms with E-state index in [1.165, 1.54) is 0 Å². The summed E-state index contributed by atoms with van der Waals surface area (Å²) >= 11 is 0. The summed E-state index contributed by atoms with van der Waals surface area (Å²) in [6, 6.07) is 12.7. The summed E-state index contributed by atoms with van der Waals surface area (Å²) in [6.45, 7) is 0. The number of fused-ring (bicyclic) bond motifs is 1. The van der Waals surface area contributed by atoms with Gasteiger partial charge in [0.15, 0.2) is 5.82 Å². The van der Waals surface area contributed by atoms with Crippen LogP contribution >= 0.6 is 0 Å². The van der Waals surface area contributed by atoms with Gasteiger partial charge in [0, 0.05) is 18.0 Å². The van der Waals surface area contributed by atoms with Crippen molar-refractivity contribution in [3.8, 4) is 11.5 Å². The third-order valence-electron chi connectivity index (χ3n) is 3.32. The number of anilines is 1. The summed E-state index contributed by atoms with van der Waals surface area (Å²) in [4.78, 5) is 35.6. The van der Waals surface area contributed by atoms with Gasteiger partial charge in [0.1, 0.15) is 11.5 Å². The Morgan fingerprint density at radius 3 is 2.54 bits per heavy atom. The third kappa shape index (κ3) is 3.52. The maximum absolute atomic E-state index is 12.0. The van der Waals surface area contributed by atoms with Crippen LogP contribution in [0.2, 0.25) is 0 Å². The summed E-state index contributed by atoms with van der Waals surface area (Å²) < 4.78 is 0. The molecule has 3 aromatic rings. The number of carbonyl (C=O) groups excluding carboxylic acids is 1. The molecule has 0 fully saturated rings. The van der Waals surface area contributed by atoms with Crippen molar-refractivity contribution >= 4 is 28.6 Å². The lowest BCUT2D eigenvalue weighted by atomic mass is 10.2. The number of aromatic nitrogens is 3. The second-order valence-electron chi connectivity index (χ2n) is 5.07. The minimum absolute atomic E-state index is 0.118. The summed E-state index contributed by atoms with van der Waals surface area (Å²) in [5.41, 5.74) is 1.26. The first-order valence-corrected chi connectivity index (χ1v) is 7.33. The number of aliphatic carboxylic acids is 1. The number of carboxylic acid groups (broad SMARTS) is 1. The van der Waals surface area contributed by atoms with Crippen molar-refractivity contribution in [2.24, 2.45) is 0 Å². The van der Waals surface area contributed by atoms with Crippen LogP contribution in [0, 0.1) is 0 Å². The first-order valence-electron chi connectivity index (χ1n) is 7.33. The summed E-state index contributed by atoms with van der Waals surface area (Å²) in [7, 11) is 0. The van der Waals surface area contributed by atoms with Gasteiger partial charge >= 0.3 is 5.97 Å². The smallest absolute Gasteiger partial charge is 0.303 e. The summed E-state index contributed by atoms with van der Waals surface area (Å²) in [6.07, 6.45) is 1.29. The molecule has 0 saturated heterocycles. The first kappa shape index (κ1) is 15.5. The average Bonchev–Trinajstić information content (AvgIpc) is 2.60. The van der Waals surface area contributed by atoms with Crippen LogP contribution in [-0.4, -0.2) is 31.9 Å². The van der Waals surface area contributed by atoms with Crippen LogP contribution in [0.3, 0.4) is 0 Å². The van der Waals surface area contributed by atoms with E-state index in [9.17, 15) is 9.59 Å². The molecule has 0 atom stereocenters. The van der Waals surface area contributed by atoms with E-state index in [2.05, 4.69) is 20.3 Å². The van der Waals surface area contributed by atoms with Crippen LogP contribution in [0.1, 0.15) is 12.8 Å². The molecular formula is C17H14N4O3. The van der Waals surface area contributed by atoms with E-state index in [-0.39, 0.29) is 12.8 Å².